The van der Waals surface area contributed by atoms with Crippen LogP contribution in [0, 0.1) is 5.92 Å². The third-order valence-electron chi connectivity index (χ3n) is 3.95. The maximum absolute atomic E-state index is 12.2. The average molecular weight is 361 g/mol. The molecule has 1 amide bonds. The highest BCUT2D eigenvalue weighted by Crippen LogP contribution is 2.21. The Labute approximate surface area is 151 Å². The van der Waals surface area contributed by atoms with Crippen LogP contribution < -0.4 is 10.1 Å². The molecule has 2 rings (SSSR count). The Hall–Kier alpha value is -2.34. The number of amides is 1. The molecule has 2 unspecified atom stereocenters. The maximum Gasteiger partial charge on any atom is 0.308 e. The Kier molecular flexibility index (Phi) is 7.01. The summed E-state index contributed by atoms with van der Waals surface area (Å²) in [5.41, 5.74) is 0.899. The van der Waals surface area contributed by atoms with Crippen LogP contribution in [0.15, 0.2) is 41.8 Å². The summed E-state index contributed by atoms with van der Waals surface area (Å²) < 4.78 is 5.38. The van der Waals surface area contributed by atoms with Gasteiger partial charge in [-0.1, -0.05) is 18.2 Å². The van der Waals surface area contributed by atoms with Crippen molar-refractivity contribution in [2.45, 2.75) is 26.2 Å². The molecule has 25 heavy (non-hydrogen) atoms. The molecule has 6 heteroatoms. The zero-order chi connectivity index (χ0) is 18.2. The van der Waals surface area contributed by atoms with Crippen molar-refractivity contribution in [2.24, 2.45) is 5.92 Å². The number of rotatable bonds is 9. The molecule has 0 radical (unpaired) electrons. The largest absolute Gasteiger partial charge is 0.494 e. The van der Waals surface area contributed by atoms with Crippen LogP contribution in [0.1, 0.15) is 30.2 Å². The zero-order valence-electron chi connectivity index (χ0n) is 14.4. The average Bonchev–Trinajstić information content (AvgIpc) is 3.13. The number of carboxylic acids is 1. The van der Waals surface area contributed by atoms with Gasteiger partial charge in [0.05, 0.1) is 18.4 Å². The third-order valence-corrected chi connectivity index (χ3v) is 5.01. The van der Waals surface area contributed by atoms with Crippen LogP contribution in [0.5, 0.6) is 5.75 Å². The van der Waals surface area contributed by atoms with Gasteiger partial charge in [-0.2, -0.15) is 0 Å². The van der Waals surface area contributed by atoms with Gasteiger partial charge in [-0.15, -0.1) is 11.3 Å². The Morgan fingerprint density at radius 1 is 1.24 bits per heavy atom. The number of thiophene rings is 1. The van der Waals surface area contributed by atoms with Gasteiger partial charge >= 0.3 is 5.97 Å². The van der Waals surface area contributed by atoms with E-state index >= 15 is 0 Å². The molecule has 1 aromatic carbocycles. The fourth-order valence-corrected chi connectivity index (χ4v) is 3.25. The van der Waals surface area contributed by atoms with Gasteiger partial charge in [0, 0.05) is 11.4 Å². The van der Waals surface area contributed by atoms with Crippen molar-refractivity contribution in [1.29, 1.82) is 0 Å². The molecule has 134 valence electrons. The van der Waals surface area contributed by atoms with Gasteiger partial charge in [-0.25, -0.2) is 0 Å². The summed E-state index contributed by atoms with van der Waals surface area (Å²) in [6, 6.07) is 11.2. The standard InChI is InChI=1S/C19H23NO4S/c1-3-24-16-8-6-14(7-9-16)11-15(19(22)23)12-20-18(21)13(2)17-5-4-10-25-17/h4-10,13,15H,3,11-12H2,1-2H3,(H,20,21)(H,22,23). The Morgan fingerprint density at radius 2 is 1.96 bits per heavy atom. The van der Waals surface area contributed by atoms with E-state index in [9.17, 15) is 14.7 Å². The lowest BCUT2D eigenvalue weighted by Crippen LogP contribution is -2.36. The zero-order valence-corrected chi connectivity index (χ0v) is 15.2. The molecule has 0 spiro atoms. The van der Waals surface area contributed by atoms with E-state index in [1.54, 1.807) is 0 Å². The minimum atomic E-state index is -0.919. The minimum Gasteiger partial charge on any atom is -0.494 e. The Bertz CT molecular complexity index is 682. The number of carbonyl (C=O) groups excluding carboxylic acids is 1. The van der Waals surface area contributed by atoms with E-state index in [1.165, 1.54) is 11.3 Å². The lowest BCUT2D eigenvalue weighted by Gasteiger charge is -2.16. The summed E-state index contributed by atoms with van der Waals surface area (Å²) >= 11 is 1.52. The monoisotopic (exact) mass is 361 g/mol. The molecule has 2 aromatic rings. The molecule has 0 aliphatic carbocycles. The SMILES string of the molecule is CCOc1ccc(CC(CNC(=O)C(C)c2cccs2)C(=O)O)cc1. The number of carboxylic acid groups (broad SMARTS) is 1. The topological polar surface area (TPSA) is 75.6 Å². The lowest BCUT2D eigenvalue weighted by atomic mass is 9.99. The second-order valence-corrected chi connectivity index (χ2v) is 6.78. The predicted octanol–water partition coefficient (Wildman–Crippen LogP) is 3.31. The van der Waals surface area contributed by atoms with Crippen LogP contribution in [-0.4, -0.2) is 30.1 Å². The molecule has 1 heterocycles. The third kappa shape index (κ3) is 5.60. The van der Waals surface area contributed by atoms with Gasteiger partial charge in [0.25, 0.3) is 0 Å². The van der Waals surface area contributed by atoms with Gasteiger partial charge < -0.3 is 15.2 Å². The van der Waals surface area contributed by atoms with Gasteiger partial charge in [0.2, 0.25) is 5.91 Å². The number of ether oxygens (including phenoxy) is 1. The van der Waals surface area contributed by atoms with Crippen LogP contribution in [-0.2, 0) is 16.0 Å². The first kappa shape index (κ1) is 19.0. The maximum atomic E-state index is 12.2. The number of hydrogen-bond acceptors (Lipinski definition) is 4. The summed E-state index contributed by atoms with van der Waals surface area (Å²) in [5.74, 6) is -1.26. The first-order valence-corrected chi connectivity index (χ1v) is 9.14. The van der Waals surface area contributed by atoms with E-state index in [1.807, 2.05) is 55.6 Å². The summed E-state index contributed by atoms with van der Waals surface area (Å²) in [6.45, 7) is 4.43. The van der Waals surface area contributed by atoms with Crippen LogP contribution >= 0.6 is 11.3 Å². The molecule has 0 aliphatic rings. The molecule has 2 N–H and O–H groups in total. The predicted molar refractivity (Wildman–Crippen MR) is 98.2 cm³/mol. The summed E-state index contributed by atoms with van der Waals surface area (Å²) in [4.78, 5) is 24.7. The van der Waals surface area contributed by atoms with Crippen LogP contribution in [0.3, 0.4) is 0 Å². The van der Waals surface area contributed by atoms with E-state index in [0.717, 1.165) is 16.2 Å². The van der Waals surface area contributed by atoms with Crippen molar-refractivity contribution in [2.75, 3.05) is 13.2 Å². The first-order valence-electron chi connectivity index (χ1n) is 8.27. The fraction of sp³-hybridized carbons (Fsp3) is 0.368. The summed E-state index contributed by atoms with van der Waals surface area (Å²) in [5, 5.41) is 14.1. The van der Waals surface area contributed by atoms with Crippen molar-refractivity contribution in [3.05, 3.63) is 52.2 Å². The highest BCUT2D eigenvalue weighted by Gasteiger charge is 2.22. The second kappa shape index (κ2) is 9.22. The quantitative estimate of drug-likeness (QED) is 0.718. The van der Waals surface area contributed by atoms with Crippen LogP contribution in [0.25, 0.3) is 0 Å². The smallest absolute Gasteiger partial charge is 0.308 e. The number of benzene rings is 1. The van der Waals surface area contributed by atoms with Crippen molar-refractivity contribution in [1.82, 2.24) is 5.32 Å². The summed E-state index contributed by atoms with van der Waals surface area (Å²) in [6.07, 6.45) is 0.357. The highest BCUT2D eigenvalue weighted by atomic mass is 32.1. The minimum absolute atomic E-state index is 0.108. The number of carbonyl (C=O) groups is 2. The molecule has 5 nitrogen and oxygen atoms in total. The second-order valence-electron chi connectivity index (χ2n) is 5.80. The molecule has 1 aromatic heterocycles. The highest BCUT2D eigenvalue weighted by molar-refractivity contribution is 7.10. The molecule has 2 atom stereocenters. The van der Waals surface area contributed by atoms with E-state index < -0.39 is 11.9 Å². The van der Waals surface area contributed by atoms with Gasteiger partial charge in [0.1, 0.15) is 5.75 Å². The number of nitrogens with one attached hydrogen (secondary N) is 1. The normalized spacial score (nSPS) is 13.0. The Balaban J connectivity index is 1.92. The fourth-order valence-electron chi connectivity index (χ4n) is 2.46. The molecule has 0 bridgehead atoms. The molecule has 0 fully saturated rings. The van der Waals surface area contributed by atoms with E-state index in [2.05, 4.69) is 5.32 Å². The van der Waals surface area contributed by atoms with Gasteiger partial charge in [-0.05, 0) is 49.4 Å². The molecular weight excluding hydrogens is 338 g/mol. The van der Waals surface area contributed by atoms with Gasteiger partial charge in [-0.3, -0.25) is 9.59 Å². The van der Waals surface area contributed by atoms with Crippen molar-refractivity contribution < 1.29 is 19.4 Å². The summed E-state index contributed by atoms with van der Waals surface area (Å²) in [7, 11) is 0. The molecule has 0 saturated carbocycles. The van der Waals surface area contributed by atoms with E-state index in [4.69, 9.17) is 4.74 Å². The van der Waals surface area contributed by atoms with Crippen molar-refractivity contribution in [3.63, 3.8) is 0 Å². The van der Waals surface area contributed by atoms with Crippen LogP contribution in [0.2, 0.25) is 0 Å². The van der Waals surface area contributed by atoms with Crippen LogP contribution in [0.4, 0.5) is 0 Å². The number of hydrogen-bond donors (Lipinski definition) is 2. The molecule has 0 saturated heterocycles. The Morgan fingerprint density at radius 3 is 2.52 bits per heavy atom. The van der Waals surface area contributed by atoms with E-state index in [-0.39, 0.29) is 18.4 Å². The van der Waals surface area contributed by atoms with Crippen molar-refractivity contribution >= 4 is 23.2 Å². The first-order chi connectivity index (χ1) is 12.0. The van der Waals surface area contributed by atoms with Crippen molar-refractivity contribution in [3.8, 4) is 5.75 Å². The van der Waals surface area contributed by atoms with E-state index in [0.29, 0.717) is 13.0 Å². The lowest BCUT2D eigenvalue weighted by molar-refractivity contribution is -0.141. The molecular formula is C19H23NO4S. The molecule has 0 aliphatic heterocycles. The number of aliphatic carboxylic acids is 1. The van der Waals surface area contributed by atoms with Gasteiger partial charge in [0.15, 0.2) is 0 Å².